The fraction of sp³-hybridized carbons (Fsp3) is 0.538. The monoisotopic (exact) mass is 285 g/mol. The van der Waals surface area contributed by atoms with Gasteiger partial charge in [-0.25, -0.2) is 0 Å². The third-order valence-corrected chi connectivity index (χ3v) is 3.03. The molecule has 2 nitrogen and oxygen atoms in total. The van der Waals surface area contributed by atoms with Crippen molar-refractivity contribution in [3.05, 3.63) is 34.3 Å². The topological polar surface area (TPSA) is 21.3 Å². The van der Waals surface area contributed by atoms with E-state index in [2.05, 4.69) is 52.4 Å². The summed E-state index contributed by atoms with van der Waals surface area (Å²) in [7, 11) is 0. The van der Waals surface area contributed by atoms with E-state index in [4.69, 9.17) is 4.74 Å². The van der Waals surface area contributed by atoms with Crippen molar-refractivity contribution in [2.24, 2.45) is 0 Å². The highest BCUT2D eigenvalue weighted by Gasteiger charge is 2.10. The van der Waals surface area contributed by atoms with Crippen LogP contribution in [0.15, 0.2) is 28.7 Å². The molecule has 0 aromatic heterocycles. The standard InChI is InChI=1S/C13H20BrNO/c1-3-15-9-12(10-16-4-2)11-5-7-13(14)8-6-11/h5-8,12,15H,3-4,9-10H2,1-2H3. The van der Waals surface area contributed by atoms with Gasteiger partial charge >= 0.3 is 0 Å². The van der Waals surface area contributed by atoms with Crippen molar-refractivity contribution in [1.82, 2.24) is 5.32 Å². The first kappa shape index (κ1) is 13.7. The second kappa shape index (κ2) is 7.82. The van der Waals surface area contributed by atoms with Gasteiger partial charge in [0.25, 0.3) is 0 Å². The predicted octanol–water partition coefficient (Wildman–Crippen LogP) is 3.18. The molecule has 0 aliphatic rings. The lowest BCUT2D eigenvalue weighted by atomic mass is 10.00. The molecule has 90 valence electrons. The number of benzene rings is 1. The van der Waals surface area contributed by atoms with Gasteiger partial charge in [0, 0.05) is 23.5 Å². The number of rotatable bonds is 7. The molecule has 0 aliphatic heterocycles. The van der Waals surface area contributed by atoms with Crippen molar-refractivity contribution in [2.75, 3.05) is 26.3 Å². The Morgan fingerprint density at radius 1 is 1.25 bits per heavy atom. The average Bonchev–Trinajstić information content (AvgIpc) is 2.31. The third kappa shape index (κ3) is 4.64. The number of nitrogens with one attached hydrogen (secondary N) is 1. The Morgan fingerprint density at radius 2 is 1.94 bits per heavy atom. The molecule has 0 bridgehead atoms. The van der Waals surface area contributed by atoms with Crippen LogP contribution < -0.4 is 5.32 Å². The molecule has 0 spiro atoms. The lowest BCUT2D eigenvalue weighted by Gasteiger charge is -2.17. The van der Waals surface area contributed by atoms with Crippen molar-refractivity contribution in [1.29, 1.82) is 0 Å². The van der Waals surface area contributed by atoms with Crippen LogP contribution in [0.2, 0.25) is 0 Å². The van der Waals surface area contributed by atoms with Crippen LogP contribution >= 0.6 is 15.9 Å². The number of hydrogen-bond acceptors (Lipinski definition) is 2. The van der Waals surface area contributed by atoms with E-state index in [9.17, 15) is 0 Å². The van der Waals surface area contributed by atoms with Gasteiger partial charge in [0.1, 0.15) is 0 Å². The molecule has 0 saturated carbocycles. The van der Waals surface area contributed by atoms with E-state index in [-0.39, 0.29) is 0 Å². The van der Waals surface area contributed by atoms with E-state index in [1.54, 1.807) is 0 Å². The Morgan fingerprint density at radius 3 is 2.50 bits per heavy atom. The third-order valence-electron chi connectivity index (χ3n) is 2.51. The highest BCUT2D eigenvalue weighted by atomic mass is 79.9. The normalized spacial score (nSPS) is 12.7. The van der Waals surface area contributed by atoms with Crippen molar-refractivity contribution >= 4 is 15.9 Å². The summed E-state index contributed by atoms with van der Waals surface area (Å²) in [4.78, 5) is 0. The number of hydrogen-bond donors (Lipinski definition) is 1. The van der Waals surface area contributed by atoms with Gasteiger partial charge in [-0.05, 0) is 31.2 Å². The van der Waals surface area contributed by atoms with Crippen LogP contribution in [0.5, 0.6) is 0 Å². The number of ether oxygens (including phenoxy) is 1. The van der Waals surface area contributed by atoms with E-state index in [0.717, 1.165) is 30.8 Å². The highest BCUT2D eigenvalue weighted by Crippen LogP contribution is 2.18. The zero-order valence-electron chi connectivity index (χ0n) is 10.0. The summed E-state index contributed by atoms with van der Waals surface area (Å²) < 4.78 is 6.65. The summed E-state index contributed by atoms with van der Waals surface area (Å²) in [6, 6.07) is 8.48. The van der Waals surface area contributed by atoms with Crippen molar-refractivity contribution < 1.29 is 4.74 Å². The van der Waals surface area contributed by atoms with E-state index in [1.165, 1.54) is 5.56 Å². The largest absolute Gasteiger partial charge is 0.381 e. The Kier molecular flexibility index (Phi) is 6.69. The second-order valence-corrected chi connectivity index (χ2v) is 4.63. The lowest BCUT2D eigenvalue weighted by molar-refractivity contribution is 0.131. The molecule has 1 unspecified atom stereocenters. The Bertz CT molecular complexity index is 278. The SMILES string of the molecule is CCNCC(COCC)c1ccc(Br)cc1. The Labute approximate surface area is 107 Å². The number of likely N-dealkylation sites (N-methyl/N-ethyl adjacent to an activating group) is 1. The summed E-state index contributed by atoms with van der Waals surface area (Å²) in [5.74, 6) is 0.438. The van der Waals surface area contributed by atoms with Gasteiger partial charge in [-0.2, -0.15) is 0 Å². The fourth-order valence-corrected chi connectivity index (χ4v) is 1.85. The summed E-state index contributed by atoms with van der Waals surface area (Å²) in [5, 5.41) is 3.38. The van der Waals surface area contributed by atoms with Gasteiger partial charge in [0.2, 0.25) is 0 Å². The van der Waals surface area contributed by atoms with Gasteiger partial charge < -0.3 is 10.1 Å². The second-order valence-electron chi connectivity index (χ2n) is 3.72. The maximum Gasteiger partial charge on any atom is 0.0546 e. The average molecular weight is 286 g/mol. The molecule has 0 saturated heterocycles. The Balaban J connectivity index is 2.62. The molecule has 3 heteroatoms. The van der Waals surface area contributed by atoms with E-state index < -0.39 is 0 Å². The molecule has 0 heterocycles. The van der Waals surface area contributed by atoms with Crippen LogP contribution in [0.25, 0.3) is 0 Å². The molecule has 16 heavy (non-hydrogen) atoms. The summed E-state index contributed by atoms with van der Waals surface area (Å²) in [6.45, 7) is 7.69. The van der Waals surface area contributed by atoms with E-state index >= 15 is 0 Å². The minimum Gasteiger partial charge on any atom is -0.381 e. The molecule has 0 amide bonds. The smallest absolute Gasteiger partial charge is 0.0546 e. The van der Waals surface area contributed by atoms with E-state index in [0.29, 0.717) is 5.92 Å². The summed E-state index contributed by atoms with van der Waals surface area (Å²) >= 11 is 3.45. The van der Waals surface area contributed by atoms with Gasteiger partial charge in [-0.1, -0.05) is 35.0 Å². The maximum absolute atomic E-state index is 5.53. The van der Waals surface area contributed by atoms with Gasteiger partial charge in [-0.15, -0.1) is 0 Å². The maximum atomic E-state index is 5.53. The molecule has 1 atom stereocenters. The first-order chi connectivity index (χ1) is 7.77. The molecule has 1 rings (SSSR count). The van der Waals surface area contributed by atoms with Crippen LogP contribution in [0.4, 0.5) is 0 Å². The summed E-state index contributed by atoms with van der Waals surface area (Å²) in [6.07, 6.45) is 0. The Hall–Kier alpha value is -0.380. The molecule has 1 N–H and O–H groups in total. The van der Waals surface area contributed by atoms with Gasteiger partial charge in [0.15, 0.2) is 0 Å². The molecular weight excluding hydrogens is 266 g/mol. The van der Waals surface area contributed by atoms with E-state index in [1.807, 2.05) is 6.92 Å². The highest BCUT2D eigenvalue weighted by molar-refractivity contribution is 9.10. The molecule has 0 fully saturated rings. The van der Waals surface area contributed by atoms with Crippen LogP contribution in [-0.4, -0.2) is 26.3 Å². The first-order valence-corrected chi connectivity index (χ1v) is 6.61. The van der Waals surface area contributed by atoms with Crippen molar-refractivity contribution in [3.8, 4) is 0 Å². The van der Waals surface area contributed by atoms with Crippen molar-refractivity contribution in [2.45, 2.75) is 19.8 Å². The van der Waals surface area contributed by atoms with Crippen LogP contribution in [-0.2, 0) is 4.74 Å². The van der Waals surface area contributed by atoms with Gasteiger partial charge in [0.05, 0.1) is 6.61 Å². The predicted molar refractivity (Wildman–Crippen MR) is 71.9 cm³/mol. The van der Waals surface area contributed by atoms with Crippen molar-refractivity contribution in [3.63, 3.8) is 0 Å². The quantitative estimate of drug-likeness (QED) is 0.831. The fourth-order valence-electron chi connectivity index (χ4n) is 1.59. The zero-order valence-corrected chi connectivity index (χ0v) is 11.6. The number of halogens is 1. The van der Waals surface area contributed by atoms with Crippen LogP contribution in [0, 0.1) is 0 Å². The molecule has 0 aliphatic carbocycles. The minimum atomic E-state index is 0.438. The zero-order chi connectivity index (χ0) is 11.8. The van der Waals surface area contributed by atoms with Crippen LogP contribution in [0.3, 0.4) is 0 Å². The minimum absolute atomic E-state index is 0.438. The van der Waals surface area contributed by atoms with Gasteiger partial charge in [-0.3, -0.25) is 0 Å². The summed E-state index contributed by atoms with van der Waals surface area (Å²) in [5.41, 5.74) is 1.33. The molecule has 1 aromatic rings. The molecular formula is C13H20BrNO. The first-order valence-electron chi connectivity index (χ1n) is 5.81. The lowest BCUT2D eigenvalue weighted by Crippen LogP contribution is -2.24. The molecule has 1 aromatic carbocycles. The van der Waals surface area contributed by atoms with Crippen LogP contribution in [0.1, 0.15) is 25.3 Å². The molecule has 0 radical (unpaired) electrons.